The zero-order chi connectivity index (χ0) is 16.0. The summed E-state index contributed by atoms with van der Waals surface area (Å²) in [5.74, 6) is 0. The number of nitrogens with one attached hydrogen (secondary N) is 1. The quantitative estimate of drug-likeness (QED) is 0.201. The predicted octanol–water partition coefficient (Wildman–Crippen LogP) is 2.88. The van der Waals surface area contributed by atoms with E-state index in [2.05, 4.69) is 14.7 Å². The molecule has 0 saturated heterocycles. The van der Waals surface area contributed by atoms with Gasteiger partial charge in [0.05, 0.1) is 4.92 Å². The zero-order valence-corrected chi connectivity index (χ0v) is 12.7. The fourth-order valence-corrected chi connectivity index (χ4v) is 3.34. The van der Waals surface area contributed by atoms with Crippen molar-refractivity contribution in [3.8, 4) is 0 Å². The van der Waals surface area contributed by atoms with Gasteiger partial charge in [-0.2, -0.15) is 0 Å². The number of hydrogen-bond acceptors (Lipinski definition) is 5. The van der Waals surface area contributed by atoms with Crippen LogP contribution in [0.5, 0.6) is 0 Å². The Bertz CT molecular complexity index is 702. The van der Waals surface area contributed by atoms with E-state index in [4.69, 9.17) is 28.7 Å². The summed E-state index contributed by atoms with van der Waals surface area (Å²) in [5.41, 5.74) is 7.40. The van der Waals surface area contributed by atoms with Crippen LogP contribution in [0, 0.1) is 10.1 Å². The first kappa shape index (κ1) is 17.5. The minimum Gasteiger partial charge on any atom is -0.258 e. The van der Waals surface area contributed by atoms with Crippen LogP contribution in [0.4, 0.5) is 5.69 Å². The van der Waals surface area contributed by atoms with E-state index in [1.807, 2.05) is 0 Å². The number of nitrogens with zero attached hydrogens (tertiary/aromatic N) is 4. The van der Waals surface area contributed by atoms with Crippen molar-refractivity contribution < 1.29 is 13.3 Å². The lowest BCUT2D eigenvalue weighted by Crippen LogP contribution is -2.25. The lowest BCUT2D eigenvalue weighted by molar-refractivity contribution is -0.384. The molecule has 9 nitrogen and oxygen atoms in total. The first-order valence-electron chi connectivity index (χ1n) is 5.44. The van der Waals surface area contributed by atoms with Crippen molar-refractivity contribution >= 4 is 38.9 Å². The van der Waals surface area contributed by atoms with Gasteiger partial charge in [-0.05, 0) is 24.1 Å². The Morgan fingerprint density at radius 2 is 2.10 bits per heavy atom. The molecule has 12 heteroatoms. The van der Waals surface area contributed by atoms with Crippen LogP contribution in [0.1, 0.15) is 6.42 Å². The molecule has 1 aromatic carbocycles. The van der Waals surface area contributed by atoms with E-state index in [0.717, 1.165) is 12.1 Å². The van der Waals surface area contributed by atoms with Gasteiger partial charge < -0.3 is 0 Å². The molecule has 0 saturated carbocycles. The van der Waals surface area contributed by atoms with Crippen LogP contribution in [0.15, 0.2) is 22.1 Å². The normalized spacial score (nSPS) is 11.0. The van der Waals surface area contributed by atoms with Crippen LogP contribution < -0.4 is 4.72 Å². The van der Waals surface area contributed by atoms with E-state index in [-0.39, 0.29) is 24.5 Å². The Hall–Kier alpha value is -1.58. The van der Waals surface area contributed by atoms with Gasteiger partial charge in [-0.25, -0.2) is 13.1 Å². The van der Waals surface area contributed by atoms with Gasteiger partial charge >= 0.3 is 5.69 Å². The summed E-state index contributed by atoms with van der Waals surface area (Å²) in [5, 5.41) is 13.3. The minimum absolute atomic E-state index is 0.00585. The molecule has 0 fully saturated rings. The highest BCUT2D eigenvalue weighted by atomic mass is 35.5. The van der Waals surface area contributed by atoms with Crippen LogP contribution in [0.2, 0.25) is 10.0 Å². The maximum Gasteiger partial charge on any atom is 0.307 e. The Kier molecular flexibility index (Phi) is 6.19. The Balaban J connectivity index is 3.01. The Labute approximate surface area is 129 Å². The fraction of sp³-hybridized carbons (Fsp3) is 0.333. The molecule has 21 heavy (non-hydrogen) atoms. The largest absolute Gasteiger partial charge is 0.307 e. The van der Waals surface area contributed by atoms with Crippen molar-refractivity contribution in [2.45, 2.75) is 11.3 Å². The molecule has 0 atom stereocenters. The Morgan fingerprint density at radius 1 is 1.43 bits per heavy atom. The van der Waals surface area contributed by atoms with Crippen molar-refractivity contribution in [3.05, 3.63) is 42.7 Å². The summed E-state index contributed by atoms with van der Waals surface area (Å²) < 4.78 is 26.2. The van der Waals surface area contributed by atoms with E-state index < -0.39 is 30.6 Å². The van der Waals surface area contributed by atoms with E-state index in [1.165, 1.54) is 0 Å². The molecule has 114 valence electrons. The van der Waals surface area contributed by atoms with E-state index in [9.17, 15) is 18.5 Å². The van der Waals surface area contributed by atoms with E-state index in [1.54, 1.807) is 0 Å². The lowest BCUT2D eigenvalue weighted by Gasteiger charge is -2.08. The number of halogens is 2. The molecule has 0 aliphatic heterocycles. The van der Waals surface area contributed by atoms with Gasteiger partial charge in [0.1, 0.15) is 14.9 Å². The number of nitro benzene ring substituents is 1. The monoisotopic (exact) mass is 353 g/mol. The third kappa shape index (κ3) is 4.45. The fourth-order valence-electron chi connectivity index (χ4n) is 1.38. The van der Waals surface area contributed by atoms with Gasteiger partial charge in [-0.3, -0.25) is 10.1 Å². The molecule has 1 aromatic rings. The summed E-state index contributed by atoms with van der Waals surface area (Å²) in [4.78, 5) is 12.1. The summed E-state index contributed by atoms with van der Waals surface area (Å²) >= 11 is 11.4. The van der Waals surface area contributed by atoms with E-state index >= 15 is 0 Å². The van der Waals surface area contributed by atoms with Crippen LogP contribution in [0.3, 0.4) is 0 Å². The highest BCUT2D eigenvalue weighted by Gasteiger charge is 2.27. The van der Waals surface area contributed by atoms with E-state index in [0.29, 0.717) is 0 Å². The van der Waals surface area contributed by atoms with Gasteiger partial charge in [0.25, 0.3) is 0 Å². The van der Waals surface area contributed by atoms with Gasteiger partial charge in [0, 0.05) is 18.0 Å². The summed E-state index contributed by atoms with van der Waals surface area (Å²) in [6, 6.07) is 2.16. The molecule has 0 amide bonds. The van der Waals surface area contributed by atoms with Crippen molar-refractivity contribution in [3.63, 3.8) is 0 Å². The molecule has 0 aliphatic carbocycles. The number of nitro groups is 1. The highest BCUT2D eigenvalue weighted by molar-refractivity contribution is 7.89. The maximum atomic E-state index is 12.0. The topological polar surface area (TPSA) is 138 Å². The van der Waals surface area contributed by atoms with Gasteiger partial charge in [0.15, 0.2) is 0 Å². The van der Waals surface area contributed by atoms with Crippen molar-refractivity contribution in [1.29, 1.82) is 0 Å². The molecular formula is C9H9Cl2N5O4S. The summed E-state index contributed by atoms with van der Waals surface area (Å²) in [7, 11) is -4.03. The first-order chi connectivity index (χ1) is 9.81. The first-order valence-corrected chi connectivity index (χ1v) is 7.68. The summed E-state index contributed by atoms with van der Waals surface area (Å²) in [6.45, 7) is 0.113. The maximum absolute atomic E-state index is 12.0. The van der Waals surface area contributed by atoms with Crippen molar-refractivity contribution in [2.75, 3.05) is 13.1 Å². The second kappa shape index (κ2) is 7.43. The van der Waals surface area contributed by atoms with Crippen molar-refractivity contribution in [2.24, 2.45) is 5.11 Å². The van der Waals surface area contributed by atoms with Crippen LogP contribution in [-0.4, -0.2) is 26.4 Å². The van der Waals surface area contributed by atoms with Gasteiger partial charge in [0.2, 0.25) is 10.0 Å². The zero-order valence-electron chi connectivity index (χ0n) is 10.4. The molecular weight excluding hydrogens is 345 g/mol. The highest BCUT2D eigenvalue weighted by Crippen LogP contribution is 2.36. The summed E-state index contributed by atoms with van der Waals surface area (Å²) in [6.07, 6.45) is 0.274. The molecule has 1 N–H and O–H groups in total. The molecule has 0 bridgehead atoms. The molecule has 0 unspecified atom stereocenters. The molecule has 0 radical (unpaired) electrons. The average Bonchev–Trinajstić information content (AvgIpc) is 2.37. The second-order valence-corrected chi connectivity index (χ2v) is 6.19. The number of rotatable bonds is 7. The third-order valence-electron chi connectivity index (χ3n) is 2.29. The SMILES string of the molecule is [N-]=[N+]=NCCCNS(=O)(=O)c1ccc(Cl)c([N+](=O)[O-])c1Cl. The standard InChI is InChI=1S/C9H9Cl2N5O4S/c10-6-2-3-7(8(11)9(6)16(17)18)21(19,20)14-5-1-4-13-15-12/h2-3,14H,1,4-5H2. The van der Waals surface area contributed by atoms with Gasteiger partial charge in [-0.15, -0.1) is 0 Å². The number of hydrogen-bond donors (Lipinski definition) is 1. The lowest BCUT2D eigenvalue weighted by atomic mass is 10.3. The van der Waals surface area contributed by atoms with Crippen molar-refractivity contribution in [1.82, 2.24) is 4.72 Å². The predicted molar refractivity (Wildman–Crippen MR) is 76.9 cm³/mol. The molecule has 1 rings (SSSR count). The van der Waals surface area contributed by atoms with Crippen LogP contribution in [0.25, 0.3) is 10.4 Å². The Morgan fingerprint density at radius 3 is 2.67 bits per heavy atom. The molecule has 0 heterocycles. The van der Waals surface area contributed by atoms with Gasteiger partial charge in [-0.1, -0.05) is 28.3 Å². The molecule has 0 aliphatic rings. The van der Waals surface area contributed by atoms with Crippen LogP contribution >= 0.6 is 23.2 Å². The molecule has 0 aromatic heterocycles. The number of sulfonamides is 1. The average molecular weight is 354 g/mol. The number of benzene rings is 1. The number of azide groups is 1. The smallest absolute Gasteiger partial charge is 0.258 e. The third-order valence-corrected chi connectivity index (χ3v) is 4.60. The molecule has 0 spiro atoms. The second-order valence-electron chi connectivity index (χ2n) is 3.67. The van der Waals surface area contributed by atoms with Crippen LogP contribution in [-0.2, 0) is 10.0 Å². The minimum atomic E-state index is -4.03.